The molecule has 0 bridgehead atoms. The molecule has 1 aromatic rings. The van der Waals surface area contributed by atoms with Crippen molar-refractivity contribution in [2.75, 3.05) is 19.6 Å². The van der Waals surface area contributed by atoms with Crippen LogP contribution >= 0.6 is 11.3 Å². The van der Waals surface area contributed by atoms with E-state index in [1.165, 1.54) is 11.3 Å². The van der Waals surface area contributed by atoms with Gasteiger partial charge in [0.25, 0.3) is 0 Å². The molecule has 0 fully saturated rings. The van der Waals surface area contributed by atoms with Crippen molar-refractivity contribution < 1.29 is 9.59 Å². The largest absolute Gasteiger partial charge is 0.369 e. The highest BCUT2D eigenvalue weighted by atomic mass is 32.1. The molecular weight excluding hydrogens is 236 g/mol. The third-order valence-electron chi connectivity index (χ3n) is 2.17. The number of hydrogen-bond donors (Lipinski definition) is 1. The molecule has 0 aliphatic carbocycles. The second kappa shape index (κ2) is 6.51. The number of nitrogens with two attached hydrogens (primary N) is 1. The van der Waals surface area contributed by atoms with Crippen LogP contribution in [0.3, 0.4) is 0 Å². The second-order valence-electron chi connectivity index (χ2n) is 4.43. The first-order valence-corrected chi connectivity index (χ1v) is 6.44. The molecule has 0 radical (unpaired) electrons. The van der Waals surface area contributed by atoms with Crippen molar-refractivity contribution >= 4 is 23.0 Å². The van der Waals surface area contributed by atoms with Crippen LogP contribution in [0.2, 0.25) is 0 Å². The molecule has 0 saturated carbocycles. The molecule has 1 aromatic heterocycles. The Labute approximate surface area is 105 Å². The minimum absolute atomic E-state index is 0.0434. The lowest BCUT2D eigenvalue weighted by atomic mass is 10.2. The number of primary amides is 1. The lowest BCUT2D eigenvalue weighted by molar-refractivity contribution is -0.119. The van der Waals surface area contributed by atoms with Crippen LogP contribution in [-0.4, -0.2) is 36.2 Å². The number of ketones is 1. The molecular formula is C12H18N2O2S. The normalized spacial score (nSPS) is 11.1. The van der Waals surface area contributed by atoms with Crippen LogP contribution in [0.1, 0.15) is 23.5 Å². The van der Waals surface area contributed by atoms with Gasteiger partial charge in [-0.25, -0.2) is 0 Å². The summed E-state index contributed by atoms with van der Waals surface area (Å²) in [5.41, 5.74) is 5.17. The molecule has 0 atom stereocenters. The van der Waals surface area contributed by atoms with Gasteiger partial charge >= 0.3 is 0 Å². The molecule has 0 aliphatic heterocycles. The molecule has 5 heteroatoms. The fourth-order valence-corrected chi connectivity index (χ4v) is 2.30. The summed E-state index contributed by atoms with van der Waals surface area (Å²) >= 11 is 1.42. The Hall–Kier alpha value is -1.20. The number of hydrogen-bond acceptors (Lipinski definition) is 4. The topological polar surface area (TPSA) is 63.4 Å². The van der Waals surface area contributed by atoms with Crippen molar-refractivity contribution in [2.24, 2.45) is 11.7 Å². The van der Waals surface area contributed by atoms with E-state index in [1.54, 1.807) is 11.0 Å². The molecule has 0 aliphatic rings. The molecule has 1 rings (SSSR count). The molecule has 1 amide bonds. The van der Waals surface area contributed by atoms with Crippen molar-refractivity contribution in [3.8, 4) is 0 Å². The predicted octanol–water partition coefficient (Wildman–Crippen LogP) is 1.37. The Morgan fingerprint density at radius 3 is 2.59 bits per heavy atom. The number of nitrogens with zero attached hydrogens (tertiary/aromatic N) is 1. The second-order valence-corrected chi connectivity index (χ2v) is 5.38. The summed E-state index contributed by atoms with van der Waals surface area (Å²) in [6, 6.07) is 3.64. The van der Waals surface area contributed by atoms with Gasteiger partial charge in [0.2, 0.25) is 5.91 Å². The Balaban J connectivity index is 2.59. The van der Waals surface area contributed by atoms with Gasteiger partial charge in [-0.1, -0.05) is 19.9 Å². The first kappa shape index (κ1) is 13.9. The van der Waals surface area contributed by atoms with E-state index in [0.717, 1.165) is 4.88 Å². The number of rotatable bonds is 7. The highest BCUT2D eigenvalue weighted by Crippen LogP contribution is 2.10. The van der Waals surface area contributed by atoms with Gasteiger partial charge in [0, 0.05) is 6.54 Å². The summed E-state index contributed by atoms with van der Waals surface area (Å²) < 4.78 is 0. The van der Waals surface area contributed by atoms with Crippen LogP contribution in [0, 0.1) is 5.92 Å². The smallest absolute Gasteiger partial charge is 0.231 e. The quantitative estimate of drug-likeness (QED) is 0.748. The monoisotopic (exact) mass is 254 g/mol. The zero-order valence-electron chi connectivity index (χ0n) is 10.2. The molecule has 0 aromatic carbocycles. The number of amides is 1. The van der Waals surface area contributed by atoms with Crippen molar-refractivity contribution in [1.29, 1.82) is 0 Å². The van der Waals surface area contributed by atoms with Gasteiger partial charge in [0.05, 0.1) is 18.0 Å². The van der Waals surface area contributed by atoms with Crippen LogP contribution in [0.5, 0.6) is 0 Å². The molecule has 0 spiro atoms. The zero-order chi connectivity index (χ0) is 12.8. The average molecular weight is 254 g/mol. The van der Waals surface area contributed by atoms with Crippen molar-refractivity contribution in [3.05, 3.63) is 22.4 Å². The van der Waals surface area contributed by atoms with Gasteiger partial charge in [-0.15, -0.1) is 11.3 Å². The average Bonchev–Trinajstić information content (AvgIpc) is 2.67. The number of thiophene rings is 1. The fraction of sp³-hybridized carbons (Fsp3) is 0.500. The fourth-order valence-electron chi connectivity index (χ4n) is 1.64. The minimum Gasteiger partial charge on any atom is -0.369 e. The first-order valence-electron chi connectivity index (χ1n) is 5.56. The van der Waals surface area contributed by atoms with Gasteiger partial charge in [-0.3, -0.25) is 14.5 Å². The first-order chi connectivity index (χ1) is 7.99. The Morgan fingerprint density at radius 1 is 1.41 bits per heavy atom. The van der Waals surface area contributed by atoms with E-state index in [0.29, 0.717) is 12.5 Å². The van der Waals surface area contributed by atoms with Crippen molar-refractivity contribution in [2.45, 2.75) is 13.8 Å². The zero-order valence-corrected chi connectivity index (χ0v) is 11.0. The van der Waals surface area contributed by atoms with E-state index >= 15 is 0 Å². The summed E-state index contributed by atoms with van der Waals surface area (Å²) in [4.78, 5) is 25.4. The maximum atomic E-state index is 11.9. The lowest BCUT2D eigenvalue weighted by Crippen LogP contribution is -2.39. The highest BCUT2D eigenvalue weighted by Gasteiger charge is 2.16. The van der Waals surface area contributed by atoms with Crippen LogP contribution < -0.4 is 5.73 Å². The Morgan fingerprint density at radius 2 is 2.12 bits per heavy atom. The summed E-state index contributed by atoms with van der Waals surface area (Å²) in [7, 11) is 0. The minimum atomic E-state index is -0.398. The van der Waals surface area contributed by atoms with E-state index in [-0.39, 0.29) is 18.9 Å². The third-order valence-corrected chi connectivity index (χ3v) is 3.08. The van der Waals surface area contributed by atoms with E-state index in [1.807, 2.05) is 25.3 Å². The number of carbonyl (C=O) groups excluding carboxylic acids is 2. The summed E-state index contributed by atoms with van der Waals surface area (Å²) in [6.07, 6.45) is 0. The van der Waals surface area contributed by atoms with Crippen LogP contribution in [-0.2, 0) is 4.79 Å². The lowest BCUT2D eigenvalue weighted by Gasteiger charge is -2.21. The maximum Gasteiger partial charge on any atom is 0.231 e. The van der Waals surface area contributed by atoms with Crippen molar-refractivity contribution in [3.63, 3.8) is 0 Å². The summed E-state index contributed by atoms with van der Waals surface area (Å²) in [5, 5.41) is 1.87. The summed E-state index contributed by atoms with van der Waals surface area (Å²) in [6.45, 7) is 5.17. The maximum absolute atomic E-state index is 11.9. The molecule has 0 unspecified atom stereocenters. The molecule has 1 heterocycles. The Bertz CT molecular complexity index is 374. The number of carbonyl (C=O) groups is 2. The SMILES string of the molecule is CC(C)CN(CC(N)=O)CC(=O)c1cccs1. The van der Waals surface area contributed by atoms with Crippen LogP contribution in [0.4, 0.5) is 0 Å². The highest BCUT2D eigenvalue weighted by molar-refractivity contribution is 7.12. The van der Waals surface area contributed by atoms with Gasteiger partial charge in [-0.2, -0.15) is 0 Å². The van der Waals surface area contributed by atoms with E-state index in [9.17, 15) is 9.59 Å². The summed E-state index contributed by atoms with van der Waals surface area (Å²) in [5.74, 6) is 0.0389. The predicted molar refractivity (Wildman–Crippen MR) is 69.1 cm³/mol. The standard InChI is InChI=1S/C12H18N2O2S/c1-9(2)6-14(8-12(13)16)7-10(15)11-4-3-5-17-11/h3-5,9H,6-8H2,1-2H3,(H2,13,16). The van der Waals surface area contributed by atoms with Crippen LogP contribution in [0.15, 0.2) is 17.5 Å². The third kappa shape index (κ3) is 5.10. The van der Waals surface area contributed by atoms with E-state index in [4.69, 9.17) is 5.73 Å². The van der Waals surface area contributed by atoms with E-state index < -0.39 is 5.91 Å². The molecule has 0 saturated heterocycles. The van der Waals surface area contributed by atoms with Crippen LogP contribution in [0.25, 0.3) is 0 Å². The van der Waals surface area contributed by atoms with E-state index in [2.05, 4.69) is 0 Å². The molecule has 4 nitrogen and oxygen atoms in total. The molecule has 17 heavy (non-hydrogen) atoms. The van der Waals surface area contributed by atoms with Gasteiger partial charge in [-0.05, 0) is 17.4 Å². The van der Waals surface area contributed by atoms with Gasteiger partial charge in [0.15, 0.2) is 5.78 Å². The van der Waals surface area contributed by atoms with Gasteiger partial charge < -0.3 is 5.73 Å². The Kier molecular flexibility index (Phi) is 5.31. The molecule has 94 valence electrons. The molecule has 2 N–H and O–H groups in total. The number of Topliss-reactive ketones (excluding diaryl/α,β-unsaturated/α-hetero) is 1. The van der Waals surface area contributed by atoms with Gasteiger partial charge in [0.1, 0.15) is 0 Å². The van der Waals surface area contributed by atoms with Crippen molar-refractivity contribution in [1.82, 2.24) is 4.90 Å².